The minimum atomic E-state index is -0.0969. The van der Waals surface area contributed by atoms with Gasteiger partial charge in [0.2, 0.25) is 5.91 Å². The van der Waals surface area contributed by atoms with E-state index in [9.17, 15) is 4.79 Å². The molecular weight excluding hydrogens is 180 g/mol. The zero-order valence-electron chi connectivity index (χ0n) is 9.25. The summed E-state index contributed by atoms with van der Waals surface area (Å²) < 4.78 is 5.48. The van der Waals surface area contributed by atoms with Crippen LogP contribution in [0.5, 0.6) is 0 Å². The Morgan fingerprint density at radius 3 is 3.00 bits per heavy atom. The molecule has 1 N–H and O–H groups in total. The van der Waals surface area contributed by atoms with Crippen LogP contribution in [0.15, 0.2) is 0 Å². The molecule has 0 aromatic carbocycles. The average molecular weight is 200 g/mol. The lowest BCUT2D eigenvalue weighted by Crippen LogP contribution is -2.45. The zero-order chi connectivity index (χ0) is 10.6. The second-order valence-electron chi connectivity index (χ2n) is 3.83. The Bertz CT molecular complexity index is 197. The number of nitrogens with zero attached hydrogens (tertiary/aromatic N) is 1. The Balaban J connectivity index is 2.52. The molecule has 1 fully saturated rings. The van der Waals surface area contributed by atoms with E-state index in [1.165, 1.54) is 0 Å². The molecule has 2 unspecified atom stereocenters. The van der Waals surface area contributed by atoms with Gasteiger partial charge < -0.3 is 15.0 Å². The van der Waals surface area contributed by atoms with Crippen molar-refractivity contribution in [1.82, 2.24) is 10.2 Å². The van der Waals surface area contributed by atoms with Crippen molar-refractivity contribution in [2.24, 2.45) is 0 Å². The van der Waals surface area contributed by atoms with E-state index in [0.717, 1.165) is 19.6 Å². The summed E-state index contributed by atoms with van der Waals surface area (Å²) in [6.45, 7) is 6.19. The largest absolute Gasteiger partial charge is 0.377 e. The van der Waals surface area contributed by atoms with Crippen LogP contribution in [-0.4, -0.2) is 49.7 Å². The van der Waals surface area contributed by atoms with E-state index in [1.807, 2.05) is 18.7 Å². The van der Waals surface area contributed by atoms with Crippen LogP contribution < -0.4 is 5.32 Å². The Hall–Kier alpha value is -0.610. The van der Waals surface area contributed by atoms with E-state index in [4.69, 9.17) is 4.74 Å². The number of carbonyl (C=O) groups excluding carboxylic acids is 1. The first kappa shape index (κ1) is 11.5. The van der Waals surface area contributed by atoms with Crippen LogP contribution in [0.3, 0.4) is 0 Å². The monoisotopic (exact) mass is 200 g/mol. The van der Waals surface area contributed by atoms with E-state index < -0.39 is 0 Å². The van der Waals surface area contributed by atoms with Crippen molar-refractivity contribution in [3.05, 3.63) is 0 Å². The van der Waals surface area contributed by atoms with Crippen molar-refractivity contribution in [3.63, 3.8) is 0 Å². The highest BCUT2D eigenvalue weighted by atomic mass is 16.5. The Kier molecular flexibility index (Phi) is 4.35. The molecule has 0 saturated carbocycles. The summed E-state index contributed by atoms with van der Waals surface area (Å²) in [6.07, 6.45) is 1.09. The predicted molar refractivity (Wildman–Crippen MR) is 55.1 cm³/mol. The maximum Gasteiger partial charge on any atom is 0.239 e. The Labute approximate surface area is 85.6 Å². The molecule has 0 bridgehead atoms. The fourth-order valence-electron chi connectivity index (χ4n) is 1.59. The maximum atomic E-state index is 11.8. The van der Waals surface area contributed by atoms with Crippen LogP contribution in [0.2, 0.25) is 0 Å². The van der Waals surface area contributed by atoms with Gasteiger partial charge in [-0.15, -0.1) is 0 Å². The highest BCUT2D eigenvalue weighted by Crippen LogP contribution is 2.06. The molecule has 0 aromatic heterocycles. The highest BCUT2D eigenvalue weighted by Gasteiger charge is 2.22. The topological polar surface area (TPSA) is 41.6 Å². The number of ether oxygens (including phenoxy) is 1. The fourth-order valence-corrected chi connectivity index (χ4v) is 1.59. The summed E-state index contributed by atoms with van der Waals surface area (Å²) in [5.41, 5.74) is 0. The SMILES string of the molecule is CNC(C)C(=O)N1CCCOC(C)C1. The number of likely N-dealkylation sites (N-methyl/N-ethyl adjacent to an activating group) is 1. The highest BCUT2D eigenvalue weighted by molar-refractivity contribution is 5.81. The van der Waals surface area contributed by atoms with Crippen molar-refractivity contribution in [1.29, 1.82) is 0 Å². The van der Waals surface area contributed by atoms with Gasteiger partial charge in [0.1, 0.15) is 0 Å². The molecule has 1 rings (SSSR count). The number of rotatable bonds is 2. The van der Waals surface area contributed by atoms with Gasteiger partial charge in [-0.2, -0.15) is 0 Å². The first-order valence-corrected chi connectivity index (χ1v) is 5.22. The predicted octanol–water partition coefficient (Wildman–Crippen LogP) is 0.232. The summed E-state index contributed by atoms with van der Waals surface area (Å²) in [4.78, 5) is 13.7. The quantitative estimate of drug-likeness (QED) is 0.694. The molecule has 0 spiro atoms. The van der Waals surface area contributed by atoms with E-state index in [0.29, 0.717) is 6.54 Å². The minimum Gasteiger partial charge on any atom is -0.377 e. The molecular formula is C10H20N2O2. The van der Waals surface area contributed by atoms with Crippen molar-refractivity contribution >= 4 is 5.91 Å². The van der Waals surface area contributed by atoms with Gasteiger partial charge in [0.15, 0.2) is 0 Å². The lowest BCUT2D eigenvalue weighted by atomic mass is 10.2. The average Bonchev–Trinajstić information content (AvgIpc) is 2.40. The van der Waals surface area contributed by atoms with Crippen molar-refractivity contribution in [2.45, 2.75) is 32.4 Å². The number of carbonyl (C=O) groups is 1. The third-order valence-corrected chi connectivity index (χ3v) is 2.57. The van der Waals surface area contributed by atoms with Gasteiger partial charge in [0, 0.05) is 19.7 Å². The van der Waals surface area contributed by atoms with Crippen LogP contribution in [0.4, 0.5) is 0 Å². The molecule has 2 atom stereocenters. The zero-order valence-corrected chi connectivity index (χ0v) is 9.25. The van der Waals surface area contributed by atoms with Crippen LogP contribution in [-0.2, 0) is 9.53 Å². The summed E-state index contributed by atoms with van der Waals surface area (Å²) in [7, 11) is 1.81. The number of hydrogen-bond donors (Lipinski definition) is 1. The summed E-state index contributed by atoms with van der Waals surface area (Å²) in [5.74, 6) is 0.171. The molecule has 0 aliphatic carbocycles. The number of hydrogen-bond acceptors (Lipinski definition) is 3. The minimum absolute atomic E-state index is 0.0969. The molecule has 4 heteroatoms. The second kappa shape index (κ2) is 5.32. The van der Waals surface area contributed by atoms with Gasteiger partial charge in [-0.1, -0.05) is 0 Å². The molecule has 0 aromatic rings. The Morgan fingerprint density at radius 1 is 1.64 bits per heavy atom. The summed E-state index contributed by atoms with van der Waals surface area (Å²) in [6, 6.07) is -0.0969. The summed E-state index contributed by atoms with van der Waals surface area (Å²) >= 11 is 0. The first-order valence-electron chi connectivity index (χ1n) is 5.22. The lowest BCUT2D eigenvalue weighted by Gasteiger charge is -2.25. The normalized spacial score (nSPS) is 25.6. The van der Waals surface area contributed by atoms with E-state index in [1.54, 1.807) is 7.05 Å². The van der Waals surface area contributed by atoms with E-state index in [-0.39, 0.29) is 18.1 Å². The van der Waals surface area contributed by atoms with Gasteiger partial charge in [0.05, 0.1) is 12.1 Å². The molecule has 82 valence electrons. The van der Waals surface area contributed by atoms with E-state index in [2.05, 4.69) is 5.32 Å². The second-order valence-corrected chi connectivity index (χ2v) is 3.83. The van der Waals surface area contributed by atoms with Gasteiger partial charge in [-0.25, -0.2) is 0 Å². The van der Waals surface area contributed by atoms with Crippen LogP contribution in [0.25, 0.3) is 0 Å². The first-order chi connectivity index (χ1) is 6.65. The molecule has 1 aliphatic heterocycles. The Morgan fingerprint density at radius 2 is 2.36 bits per heavy atom. The molecule has 1 saturated heterocycles. The van der Waals surface area contributed by atoms with Gasteiger partial charge in [-0.05, 0) is 27.3 Å². The molecule has 1 heterocycles. The third kappa shape index (κ3) is 2.96. The molecule has 1 amide bonds. The summed E-state index contributed by atoms with van der Waals surface area (Å²) in [5, 5.41) is 2.97. The maximum absolute atomic E-state index is 11.8. The van der Waals surface area contributed by atoms with Crippen molar-refractivity contribution in [3.8, 4) is 0 Å². The van der Waals surface area contributed by atoms with Crippen LogP contribution in [0.1, 0.15) is 20.3 Å². The smallest absolute Gasteiger partial charge is 0.239 e. The molecule has 0 radical (unpaired) electrons. The number of amides is 1. The molecule has 4 nitrogen and oxygen atoms in total. The number of nitrogens with one attached hydrogen (secondary N) is 1. The van der Waals surface area contributed by atoms with Crippen LogP contribution in [0, 0.1) is 0 Å². The van der Waals surface area contributed by atoms with Crippen LogP contribution >= 0.6 is 0 Å². The van der Waals surface area contributed by atoms with Gasteiger partial charge >= 0.3 is 0 Å². The molecule has 1 aliphatic rings. The van der Waals surface area contributed by atoms with Crippen molar-refractivity contribution < 1.29 is 9.53 Å². The third-order valence-electron chi connectivity index (χ3n) is 2.57. The van der Waals surface area contributed by atoms with Gasteiger partial charge in [-0.3, -0.25) is 4.79 Å². The fraction of sp³-hybridized carbons (Fsp3) is 0.900. The molecule has 14 heavy (non-hydrogen) atoms. The van der Waals surface area contributed by atoms with E-state index >= 15 is 0 Å². The van der Waals surface area contributed by atoms with Gasteiger partial charge in [0.25, 0.3) is 0 Å². The lowest BCUT2D eigenvalue weighted by molar-refractivity contribution is -0.133. The standard InChI is InChI=1S/C10H20N2O2/c1-8-7-12(5-4-6-14-8)10(13)9(2)11-3/h8-9,11H,4-7H2,1-3H3. The van der Waals surface area contributed by atoms with Crippen molar-refractivity contribution in [2.75, 3.05) is 26.7 Å².